The molecule has 0 radical (unpaired) electrons. The monoisotopic (exact) mass is 313 g/mol. The molecular formula is C14H10ClF2NO3. The lowest BCUT2D eigenvalue weighted by Crippen LogP contribution is -2.08. The first kappa shape index (κ1) is 15.1. The highest BCUT2D eigenvalue weighted by atomic mass is 35.5. The number of ether oxygens (including phenoxy) is 1. The molecule has 0 heterocycles. The Hall–Kier alpha value is -2.34. The van der Waals surface area contributed by atoms with E-state index in [0.717, 1.165) is 6.07 Å². The summed E-state index contributed by atoms with van der Waals surface area (Å²) in [5.74, 6) is -2.58. The summed E-state index contributed by atoms with van der Waals surface area (Å²) < 4.78 is 32.0. The SMILES string of the molecule is COc1ccc(/C(=N/O)c2cccc(F)c2F)c(O)c1Cl. The number of benzene rings is 2. The number of aromatic hydroxyl groups is 1. The van der Waals surface area contributed by atoms with E-state index in [2.05, 4.69) is 5.16 Å². The Bertz CT molecular complexity index is 720. The molecule has 0 atom stereocenters. The van der Waals surface area contributed by atoms with Crippen LogP contribution in [0.25, 0.3) is 0 Å². The minimum absolute atomic E-state index is 0.0622. The van der Waals surface area contributed by atoms with Crippen molar-refractivity contribution in [2.75, 3.05) is 7.11 Å². The van der Waals surface area contributed by atoms with E-state index in [0.29, 0.717) is 0 Å². The fourth-order valence-corrected chi connectivity index (χ4v) is 2.08. The molecule has 0 aliphatic rings. The number of hydrogen-bond acceptors (Lipinski definition) is 4. The molecule has 0 aliphatic carbocycles. The van der Waals surface area contributed by atoms with Gasteiger partial charge in [0, 0.05) is 11.1 Å². The third-order valence-corrected chi connectivity index (χ3v) is 3.23. The van der Waals surface area contributed by atoms with Crippen LogP contribution in [0.2, 0.25) is 5.02 Å². The molecule has 110 valence electrons. The Morgan fingerprint density at radius 3 is 2.52 bits per heavy atom. The number of hydrogen-bond donors (Lipinski definition) is 2. The number of phenolic OH excluding ortho intramolecular Hbond substituents is 1. The predicted molar refractivity (Wildman–Crippen MR) is 73.5 cm³/mol. The average Bonchev–Trinajstić information content (AvgIpc) is 2.48. The second kappa shape index (κ2) is 5.97. The molecule has 0 saturated heterocycles. The molecule has 2 N–H and O–H groups in total. The van der Waals surface area contributed by atoms with Crippen LogP contribution in [-0.2, 0) is 0 Å². The Morgan fingerprint density at radius 2 is 1.90 bits per heavy atom. The van der Waals surface area contributed by atoms with E-state index in [1.807, 2.05) is 0 Å². The molecule has 0 bridgehead atoms. The Morgan fingerprint density at radius 1 is 1.19 bits per heavy atom. The summed E-state index contributed by atoms with van der Waals surface area (Å²) in [4.78, 5) is 0. The van der Waals surface area contributed by atoms with Gasteiger partial charge in [0.15, 0.2) is 11.6 Å². The van der Waals surface area contributed by atoms with Crippen LogP contribution < -0.4 is 4.74 Å². The molecule has 0 spiro atoms. The van der Waals surface area contributed by atoms with Crippen LogP contribution in [-0.4, -0.2) is 23.1 Å². The summed E-state index contributed by atoms with van der Waals surface area (Å²) in [6.07, 6.45) is 0. The second-order valence-electron chi connectivity index (χ2n) is 4.03. The highest BCUT2D eigenvalue weighted by molar-refractivity contribution is 6.34. The number of halogens is 3. The van der Waals surface area contributed by atoms with E-state index in [1.54, 1.807) is 0 Å². The van der Waals surface area contributed by atoms with Crippen molar-refractivity contribution in [2.45, 2.75) is 0 Å². The summed E-state index contributed by atoms with van der Waals surface area (Å²) in [7, 11) is 1.35. The molecule has 2 aromatic rings. The third-order valence-electron chi connectivity index (χ3n) is 2.86. The predicted octanol–water partition coefficient (Wildman–Crippen LogP) is 3.56. The van der Waals surface area contributed by atoms with Crippen molar-refractivity contribution in [3.63, 3.8) is 0 Å². The normalized spacial score (nSPS) is 11.5. The Labute approximate surface area is 123 Å². The lowest BCUT2D eigenvalue weighted by molar-refractivity contribution is 0.319. The fraction of sp³-hybridized carbons (Fsp3) is 0.0714. The number of nitrogens with zero attached hydrogens (tertiary/aromatic N) is 1. The lowest BCUT2D eigenvalue weighted by atomic mass is 10.0. The average molecular weight is 314 g/mol. The molecule has 0 amide bonds. The molecule has 0 fully saturated rings. The Kier molecular flexibility index (Phi) is 4.28. The molecule has 2 aromatic carbocycles. The van der Waals surface area contributed by atoms with Crippen molar-refractivity contribution >= 4 is 17.3 Å². The first-order valence-electron chi connectivity index (χ1n) is 5.73. The van der Waals surface area contributed by atoms with Gasteiger partial charge in [0.1, 0.15) is 22.2 Å². The second-order valence-corrected chi connectivity index (χ2v) is 4.41. The maximum absolute atomic E-state index is 13.8. The van der Waals surface area contributed by atoms with Crippen molar-refractivity contribution in [3.05, 3.63) is 58.1 Å². The van der Waals surface area contributed by atoms with E-state index in [4.69, 9.17) is 21.5 Å². The van der Waals surface area contributed by atoms with E-state index in [-0.39, 0.29) is 27.6 Å². The van der Waals surface area contributed by atoms with Gasteiger partial charge in [0.25, 0.3) is 0 Å². The van der Waals surface area contributed by atoms with Gasteiger partial charge in [-0.15, -0.1) is 0 Å². The van der Waals surface area contributed by atoms with Crippen molar-refractivity contribution in [2.24, 2.45) is 5.16 Å². The molecular weight excluding hydrogens is 304 g/mol. The van der Waals surface area contributed by atoms with Crippen LogP contribution >= 0.6 is 11.6 Å². The van der Waals surface area contributed by atoms with E-state index in [9.17, 15) is 13.9 Å². The molecule has 0 aromatic heterocycles. The molecule has 0 unspecified atom stereocenters. The summed E-state index contributed by atoms with van der Waals surface area (Å²) in [6.45, 7) is 0. The van der Waals surface area contributed by atoms with Crippen LogP contribution in [0.1, 0.15) is 11.1 Å². The standard InChI is InChI=1S/C14H10ClF2NO3/c1-21-10-6-5-8(14(19)11(10)15)13(18-20)7-3-2-4-9(16)12(7)17/h2-6,19-20H,1H3/b18-13+. The van der Waals surface area contributed by atoms with Gasteiger partial charge in [-0.25, -0.2) is 8.78 Å². The zero-order chi connectivity index (χ0) is 15.6. The van der Waals surface area contributed by atoms with E-state index < -0.39 is 17.4 Å². The van der Waals surface area contributed by atoms with Crippen LogP contribution in [0.15, 0.2) is 35.5 Å². The van der Waals surface area contributed by atoms with Gasteiger partial charge in [0.05, 0.1) is 7.11 Å². The molecule has 0 aliphatic heterocycles. The van der Waals surface area contributed by atoms with Crippen molar-refractivity contribution in [1.29, 1.82) is 0 Å². The molecule has 7 heteroatoms. The van der Waals surface area contributed by atoms with Gasteiger partial charge >= 0.3 is 0 Å². The van der Waals surface area contributed by atoms with Crippen LogP contribution in [0.5, 0.6) is 11.5 Å². The highest BCUT2D eigenvalue weighted by Crippen LogP contribution is 2.37. The van der Waals surface area contributed by atoms with E-state index >= 15 is 0 Å². The number of methoxy groups -OCH3 is 1. The topological polar surface area (TPSA) is 62.0 Å². The quantitative estimate of drug-likeness (QED) is 0.517. The summed E-state index contributed by atoms with van der Waals surface area (Å²) in [5.41, 5.74) is -0.726. The van der Waals surface area contributed by atoms with Gasteiger partial charge in [-0.1, -0.05) is 22.8 Å². The first-order chi connectivity index (χ1) is 10.0. The summed E-state index contributed by atoms with van der Waals surface area (Å²) >= 11 is 5.88. The summed E-state index contributed by atoms with van der Waals surface area (Å²) in [5, 5.41) is 21.9. The number of rotatable bonds is 3. The van der Waals surface area contributed by atoms with Crippen molar-refractivity contribution in [1.82, 2.24) is 0 Å². The zero-order valence-corrected chi connectivity index (χ0v) is 11.5. The molecule has 21 heavy (non-hydrogen) atoms. The maximum atomic E-state index is 13.8. The largest absolute Gasteiger partial charge is 0.506 e. The lowest BCUT2D eigenvalue weighted by Gasteiger charge is -2.11. The van der Waals surface area contributed by atoms with Crippen LogP contribution in [0, 0.1) is 11.6 Å². The minimum Gasteiger partial charge on any atom is -0.506 e. The smallest absolute Gasteiger partial charge is 0.168 e. The number of phenols is 1. The van der Waals surface area contributed by atoms with Gasteiger partial charge in [-0.05, 0) is 24.3 Å². The number of oxime groups is 1. The first-order valence-corrected chi connectivity index (χ1v) is 6.11. The van der Waals surface area contributed by atoms with Gasteiger partial charge in [-0.3, -0.25) is 0 Å². The maximum Gasteiger partial charge on any atom is 0.168 e. The van der Waals surface area contributed by atoms with Crippen molar-refractivity contribution in [3.8, 4) is 11.5 Å². The highest BCUT2D eigenvalue weighted by Gasteiger charge is 2.21. The van der Waals surface area contributed by atoms with Crippen LogP contribution in [0.4, 0.5) is 8.78 Å². The fourth-order valence-electron chi connectivity index (χ4n) is 1.83. The van der Waals surface area contributed by atoms with E-state index in [1.165, 1.54) is 31.4 Å². The zero-order valence-electron chi connectivity index (χ0n) is 10.8. The van der Waals surface area contributed by atoms with Gasteiger partial charge in [-0.2, -0.15) is 0 Å². The Balaban J connectivity index is 2.64. The minimum atomic E-state index is -1.20. The van der Waals surface area contributed by atoms with Gasteiger partial charge < -0.3 is 15.1 Å². The molecule has 4 nitrogen and oxygen atoms in total. The van der Waals surface area contributed by atoms with Crippen LogP contribution in [0.3, 0.4) is 0 Å². The third kappa shape index (κ3) is 2.62. The molecule has 0 saturated carbocycles. The van der Waals surface area contributed by atoms with Gasteiger partial charge in [0.2, 0.25) is 0 Å². The summed E-state index contributed by atoms with van der Waals surface area (Å²) in [6, 6.07) is 6.11. The molecule has 2 rings (SSSR count). The van der Waals surface area contributed by atoms with Crippen molar-refractivity contribution < 1.29 is 23.8 Å².